The largest absolute Gasteiger partial charge is 0.497 e. The van der Waals surface area contributed by atoms with Gasteiger partial charge in [0.1, 0.15) is 5.75 Å². The van der Waals surface area contributed by atoms with Gasteiger partial charge in [0.2, 0.25) is 10.0 Å². The molecule has 0 bridgehead atoms. The zero-order chi connectivity index (χ0) is 17.4. The second kappa shape index (κ2) is 8.23. The van der Waals surface area contributed by atoms with Gasteiger partial charge in [-0.05, 0) is 42.0 Å². The molecule has 0 aliphatic heterocycles. The normalized spacial score (nSPS) is 11.4. The Morgan fingerprint density at radius 3 is 2.42 bits per heavy atom. The highest BCUT2D eigenvalue weighted by Crippen LogP contribution is 2.09. The van der Waals surface area contributed by atoms with Crippen LogP contribution in [0.25, 0.3) is 0 Å². The number of hydrogen-bond acceptors (Lipinski definition) is 5. The molecule has 0 aliphatic carbocycles. The molecular formula is C16H17N3O4S. The molecule has 1 amide bonds. The third-order valence-corrected chi connectivity index (χ3v) is 4.41. The van der Waals surface area contributed by atoms with Crippen LogP contribution < -0.4 is 14.9 Å². The van der Waals surface area contributed by atoms with Gasteiger partial charge in [0.25, 0.3) is 5.91 Å². The van der Waals surface area contributed by atoms with Gasteiger partial charge in [0.15, 0.2) is 0 Å². The fraction of sp³-hybridized carbons (Fsp3) is 0.125. The SMILES string of the molecule is COc1ccc(/C=N\NC(=O)CNS(=O)(=O)c2ccccc2)cc1. The zero-order valence-electron chi connectivity index (χ0n) is 13.0. The number of rotatable bonds is 7. The van der Waals surface area contributed by atoms with E-state index in [-0.39, 0.29) is 4.90 Å². The van der Waals surface area contributed by atoms with Crippen LogP contribution in [0.5, 0.6) is 5.75 Å². The molecule has 0 unspecified atom stereocenters. The number of benzene rings is 2. The average molecular weight is 347 g/mol. The molecule has 8 heteroatoms. The number of nitrogens with zero attached hydrogens (tertiary/aromatic N) is 1. The molecule has 0 heterocycles. The van der Waals surface area contributed by atoms with E-state index in [0.29, 0.717) is 5.75 Å². The predicted octanol–water partition coefficient (Wildman–Crippen LogP) is 1.12. The van der Waals surface area contributed by atoms with E-state index in [1.165, 1.54) is 18.3 Å². The van der Waals surface area contributed by atoms with Crippen LogP contribution in [0, 0.1) is 0 Å². The average Bonchev–Trinajstić information content (AvgIpc) is 2.61. The Bertz CT molecular complexity index is 803. The highest BCUT2D eigenvalue weighted by molar-refractivity contribution is 7.89. The van der Waals surface area contributed by atoms with Gasteiger partial charge in [0, 0.05) is 0 Å². The topological polar surface area (TPSA) is 96.9 Å². The monoisotopic (exact) mass is 347 g/mol. The number of sulfonamides is 1. The molecule has 7 nitrogen and oxygen atoms in total. The summed E-state index contributed by atoms with van der Waals surface area (Å²) in [4.78, 5) is 11.7. The maximum Gasteiger partial charge on any atom is 0.255 e. The molecule has 0 aromatic heterocycles. The van der Waals surface area contributed by atoms with E-state index in [4.69, 9.17) is 4.74 Å². The smallest absolute Gasteiger partial charge is 0.255 e. The van der Waals surface area contributed by atoms with Crippen molar-refractivity contribution < 1.29 is 17.9 Å². The van der Waals surface area contributed by atoms with E-state index in [1.807, 2.05) is 0 Å². The zero-order valence-corrected chi connectivity index (χ0v) is 13.8. The molecule has 2 N–H and O–H groups in total. The first-order valence-corrected chi connectivity index (χ1v) is 8.50. The first kappa shape index (κ1) is 17.6. The Hall–Kier alpha value is -2.71. The van der Waals surface area contributed by atoms with Crippen molar-refractivity contribution in [1.29, 1.82) is 0 Å². The number of amides is 1. The number of carbonyl (C=O) groups is 1. The van der Waals surface area contributed by atoms with Gasteiger partial charge in [-0.2, -0.15) is 5.10 Å². The lowest BCUT2D eigenvalue weighted by Gasteiger charge is -2.05. The summed E-state index contributed by atoms with van der Waals surface area (Å²) in [6.45, 7) is -0.406. The first-order chi connectivity index (χ1) is 11.5. The minimum absolute atomic E-state index is 0.0968. The predicted molar refractivity (Wildman–Crippen MR) is 90.4 cm³/mol. The van der Waals surface area contributed by atoms with Crippen LogP contribution in [-0.2, 0) is 14.8 Å². The van der Waals surface area contributed by atoms with Gasteiger partial charge in [0.05, 0.1) is 24.8 Å². The lowest BCUT2D eigenvalue weighted by Crippen LogP contribution is -2.34. The second-order valence-corrected chi connectivity index (χ2v) is 6.47. The third kappa shape index (κ3) is 5.18. The van der Waals surface area contributed by atoms with Crippen LogP contribution >= 0.6 is 0 Å². The summed E-state index contributed by atoms with van der Waals surface area (Å²) in [6, 6.07) is 14.9. The number of nitrogens with one attached hydrogen (secondary N) is 2. The minimum atomic E-state index is -3.72. The van der Waals surface area contributed by atoms with E-state index < -0.39 is 22.5 Å². The third-order valence-electron chi connectivity index (χ3n) is 2.99. The van der Waals surface area contributed by atoms with Gasteiger partial charge >= 0.3 is 0 Å². The fourth-order valence-corrected chi connectivity index (χ4v) is 2.76. The molecule has 0 spiro atoms. The number of methoxy groups -OCH3 is 1. The number of carbonyl (C=O) groups excluding carboxylic acids is 1. The van der Waals surface area contributed by atoms with Crippen molar-refractivity contribution in [2.24, 2.45) is 5.10 Å². The molecular weight excluding hydrogens is 330 g/mol. The molecule has 0 radical (unpaired) electrons. The summed E-state index contributed by atoms with van der Waals surface area (Å²) < 4.78 is 31.1. The van der Waals surface area contributed by atoms with Crippen LogP contribution in [0.2, 0.25) is 0 Å². The molecule has 24 heavy (non-hydrogen) atoms. The van der Waals surface area contributed by atoms with Gasteiger partial charge < -0.3 is 4.74 Å². The van der Waals surface area contributed by atoms with Crippen LogP contribution in [0.1, 0.15) is 5.56 Å². The maximum atomic E-state index is 12.0. The van der Waals surface area contributed by atoms with Crippen LogP contribution in [0.4, 0.5) is 0 Å². The highest BCUT2D eigenvalue weighted by Gasteiger charge is 2.14. The Morgan fingerprint density at radius 2 is 1.79 bits per heavy atom. The second-order valence-electron chi connectivity index (χ2n) is 4.70. The molecule has 0 saturated heterocycles. The summed E-state index contributed by atoms with van der Waals surface area (Å²) in [6.07, 6.45) is 1.45. The molecule has 2 aromatic carbocycles. The van der Waals surface area contributed by atoms with Crippen molar-refractivity contribution in [1.82, 2.24) is 10.1 Å². The van der Waals surface area contributed by atoms with E-state index in [1.54, 1.807) is 49.6 Å². The standard InChI is InChI=1S/C16H17N3O4S/c1-23-14-9-7-13(8-10-14)11-17-19-16(20)12-18-24(21,22)15-5-3-2-4-6-15/h2-11,18H,12H2,1H3,(H,19,20)/b17-11-. The van der Waals surface area contributed by atoms with Crippen molar-refractivity contribution >= 4 is 22.1 Å². The number of hydrazone groups is 1. The molecule has 0 fully saturated rings. The van der Waals surface area contributed by atoms with Gasteiger partial charge in [-0.25, -0.2) is 18.6 Å². The molecule has 0 atom stereocenters. The summed E-state index contributed by atoms with van der Waals surface area (Å²) in [7, 11) is -2.15. The maximum absolute atomic E-state index is 12.0. The van der Waals surface area contributed by atoms with Gasteiger partial charge in [-0.1, -0.05) is 18.2 Å². The van der Waals surface area contributed by atoms with Crippen LogP contribution in [-0.4, -0.2) is 34.2 Å². The summed E-state index contributed by atoms with van der Waals surface area (Å²) in [5.74, 6) is 0.144. The summed E-state index contributed by atoms with van der Waals surface area (Å²) >= 11 is 0. The molecule has 2 aromatic rings. The molecule has 0 saturated carbocycles. The van der Waals surface area contributed by atoms with Gasteiger partial charge in [-0.15, -0.1) is 0 Å². The van der Waals surface area contributed by atoms with E-state index in [2.05, 4.69) is 15.2 Å². The van der Waals surface area contributed by atoms with Crippen LogP contribution in [0.3, 0.4) is 0 Å². The van der Waals surface area contributed by atoms with E-state index >= 15 is 0 Å². The van der Waals surface area contributed by atoms with Crippen molar-refractivity contribution in [3.8, 4) is 5.75 Å². The molecule has 126 valence electrons. The quantitative estimate of drug-likeness (QED) is 0.579. The highest BCUT2D eigenvalue weighted by atomic mass is 32.2. The Balaban J connectivity index is 1.84. The fourth-order valence-electron chi connectivity index (χ4n) is 1.75. The lowest BCUT2D eigenvalue weighted by molar-refractivity contribution is -0.119. The van der Waals surface area contributed by atoms with Gasteiger partial charge in [-0.3, -0.25) is 4.79 Å². The Labute approximate surface area is 140 Å². The first-order valence-electron chi connectivity index (χ1n) is 7.02. The van der Waals surface area contributed by atoms with Crippen molar-refractivity contribution in [2.75, 3.05) is 13.7 Å². The summed E-state index contributed by atoms with van der Waals surface area (Å²) in [5.41, 5.74) is 3.02. The number of ether oxygens (including phenoxy) is 1. The Kier molecular flexibility index (Phi) is 6.05. The molecule has 0 aliphatic rings. The minimum Gasteiger partial charge on any atom is -0.497 e. The summed E-state index contributed by atoms with van der Waals surface area (Å²) in [5, 5.41) is 3.77. The van der Waals surface area contributed by atoms with Crippen molar-refractivity contribution in [3.05, 3.63) is 60.2 Å². The Morgan fingerprint density at radius 1 is 1.12 bits per heavy atom. The van der Waals surface area contributed by atoms with E-state index in [9.17, 15) is 13.2 Å². The lowest BCUT2D eigenvalue weighted by atomic mass is 10.2. The van der Waals surface area contributed by atoms with Crippen LogP contribution in [0.15, 0.2) is 64.6 Å². The molecule has 2 rings (SSSR count). The van der Waals surface area contributed by atoms with Crippen molar-refractivity contribution in [2.45, 2.75) is 4.90 Å². The number of hydrogen-bond donors (Lipinski definition) is 2. The van der Waals surface area contributed by atoms with Crippen molar-refractivity contribution in [3.63, 3.8) is 0 Å². The van der Waals surface area contributed by atoms with E-state index in [0.717, 1.165) is 5.56 Å².